The van der Waals surface area contributed by atoms with Crippen LogP contribution in [0, 0.1) is 10.5 Å². The quantitative estimate of drug-likeness (QED) is 0.768. The van der Waals surface area contributed by atoms with Crippen LogP contribution in [0.2, 0.25) is 5.02 Å². The number of rotatable bonds is 3. The number of hydrogen-bond donors (Lipinski definition) is 1. The van der Waals surface area contributed by atoms with E-state index in [1.807, 2.05) is 25.1 Å². The van der Waals surface area contributed by atoms with Gasteiger partial charge in [-0.25, -0.2) is 0 Å². The number of carbonyl (C=O) groups is 1. The molecule has 0 saturated heterocycles. The van der Waals surface area contributed by atoms with E-state index >= 15 is 0 Å². The molecule has 2 rings (SSSR count). The lowest BCUT2D eigenvalue weighted by Gasteiger charge is -2.11. The summed E-state index contributed by atoms with van der Waals surface area (Å²) in [4.78, 5) is 12.2. The number of methoxy groups -OCH3 is 1. The Balaban J connectivity index is 2.27. The number of amides is 1. The van der Waals surface area contributed by atoms with Crippen molar-refractivity contribution in [1.82, 2.24) is 0 Å². The highest BCUT2D eigenvalue weighted by Crippen LogP contribution is 2.26. The molecule has 0 bridgehead atoms. The topological polar surface area (TPSA) is 38.3 Å². The van der Waals surface area contributed by atoms with Crippen molar-refractivity contribution in [3.8, 4) is 5.75 Å². The number of halogens is 2. The minimum absolute atomic E-state index is 0.191. The lowest BCUT2D eigenvalue weighted by Crippen LogP contribution is -2.13. The Hall–Kier alpha value is -1.27. The van der Waals surface area contributed by atoms with Crippen LogP contribution in [0.1, 0.15) is 15.9 Å². The van der Waals surface area contributed by atoms with Gasteiger partial charge >= 0.3 is 0 Å². The summed E-state index contributed by atoms with van der Waals surface area (Å²) in [6, 6.07) is 10.8. The van der Waals surface area contributed by atoms with Crippen molar-refractivity contribution in [2.24, 2.45) is 0 Å². The van der Waals surface area contributed by atoms with Crippen molar-refractivity contribution in [1.29, 1.82) is 0 Å². The van der Waals surface area contributed by atoms with Crippen molar-refractivity contribution in [3.05, 3.63) is 56.1 Å². The number of benzene rings is 2. The first-order valence-electron chi connectivity index (χ1n) is 5.92. The van der Waals surface area contributed by atoms with E-state index in [1.165, 1.54) is 0 Å². The molecular weight excluding hydrogens is 389 g/mol. The summed E-state index contributed by atoms with van der Waals surface area (Å²) in [5.41, 5.74) is 2.26. The summed E-state index contributed by atoms with van der Waals surface area (Å²) < 4.78 is 6.08. The lowest BCUT2D eigenvalue weighted by molar-refractivity contribution is 0.102. The second-order valence-corrected chi connectivity index (χ2v) is 5.86. The standard InChI is InChI=1S/C15H13ClINO2/c1-9-3-6-14(20-2)13(7-9)18-15(19)10-4-5-11(16)12(17)8-10/h3-8H,1-2H3,(H,18,19). The molecule has 0 aliphatic rings. The Morgan fingerprint density at radius 3 is 2.65 bits per heavy atom. The minimum atomic E-state index is -0.191. The molecule has 2 aromatic rings. The minimum Gasteiger partial charge on any atom is -0.495 e. The summed E-state index contributed by atoms with van der Waals surface area (Å²) in [7, 11) is 1.57. The Bertz CT molecular complexity index is 658. The number of anilines is 1. The molecule has 0 aliphatic carbocycles. The Labute approximate surface area is 136 Å². The van der Waals surface area contributed by atoms with E-state index in [9.17, 15) is 4.79 Å². The van der Waals surface area contributed by atoms with E-state index in [0.29, 0.717) is 22.0 Å². The molecule has 1 amide bonds. The van der Waals surface area contributed by atoms with E-state index in [0.717, 1.165) is 9.13 Å². The number of carbonyl (C=O) groups excluding carboxylic acids is 1. The first-order valence-corrected chi connectivity index (χ1v) is 7.38. The third-order valence-corrected chi connectivity index (χ3v) is 4.33. The van der Waals surface area contributed by atoms with Gasteiger partial charge in [0.05, 0.1) is 17.8 Å². The fraction of sp³-hybridized carbons (Fsp3) is 0.133. The van der Waals surface area contributed by atoms with Crippen LogP contribution in [-0.4, -0.2) is 13.0 Å². The van der Waals surface area contributed by atoms with Crippen LogP contribution in [0.3, 0.4) is 0 Å². The summed E-state index contributed by atoms with van der Waals surface area (Å²) >= 11 is 8.05. The summed E-state index contributed by atoms with van der Waals surface area (Å²) in [5, 5.41) is 3.49. The molecule has 0 saturated carbocycles. The third kappa shape index (κ3) is 3.43. The van der Waals surface area contributed by atoms with Gasteiger partial charge in [-0.1, -0.05) is 17.7 Å². The van der Waals surface area contributed by atoms with Gasteiger partial charge < -0.3 is 10.1 Å². The number of ether oxygens (including phenoxy) is 1. The predicted molar refractivity (Wildman–Crippen MR) is 89.9 cm³/mol. The molecule has 0 unspecified atom stereocenters. The monoisotopic (exact) mass is 401 g/mol. The molecule has 104 valence electrons. The van der Waals surface area contributed by atoms with Crippen LogP contribution in [0.4, 0.5) is 5.69 Å². The van der Waals surface area contributed by atoms with Crippen molar-refractivity contribution in [3.63, 3.8) is 0 Å². The molecule has 20 heavy (non-hydrogen) atoms. The molecule has 5 heteroatoms. The summed E-state index contributed by atoms with van der Waals surface area (Å²) in [5.74, 6) is 0.441. The van der Waals surface area contributed by atoms with Gasteiger partial charge in [-0.3, -0.25) is 4.79 Å². The number of aryl methyl sites for hydroxylation is 1. The largest absolute Gasteiger partial charge is 0.495 e. The molecule has 0 heterocycles. The zero-order valence-electron chi connectivity index (χ0n) is 11.0. The van der Waals surface area contributed by atoms with Gasteiger partial charge in [-0.2, -0.15) is 0 Å². The van der Waals surface area contributed by atoms with Crippen LogP contribution in [-0.2, 0) is 0 Å². The van der Waals surface area contributed by atoms with Crippen molar-refractivity contribution in [2.45, 2.75) is 6.92 Å². The normalized spacial score (nSPS) is 10.2. The Morgan fingerprint density at radius 2 is 2.00 bits per heavy atom. The van der Waals surface area contributed by atoms with E-state index in [4.69, 9.17) is 16.3 Å². The van der Waals surface area contributed by atoms with E-state index < -0.39 is 0 Å². The maximum absolute atomic E-state index is 12.2. The van der Waals surface area contributed by atoms with Gasteiger partial charge in [-0.05, 0) is 65.4 Å². The summed E-state index contributed by atoms with van der Waals surface area (Å²) in [6.07, 6.45) is 0. The van der Waals surface area contributed by atoms with Gasteiger partial charge in [0, 0.05) is 9.13 Å². The first kappa shape index (κ1) is 15.1. The van der Waals surface area contributed by atoms with Gasteiger partial charge in [0.1, 0.15) is 5.75 Å². The average Bonchev–Trinajstić information content (AvgIpc) is 2.42. The highest BCUT2D eigenvalue weighted by molar-refractivity contribution is 14.1. The van der Waals surface area contributed by atoms with Crippen LogP contribution >= 0.6 is 34.2 Å². The molecular formula is C15H13ClINO2. The van der Waals surface area contributed by atoms with Crippen molar-refractivity contribution < 1.29 is 9.53 Å². The molecule has 3 nitrogen and oxygen atoms in total. The molecule has 1 N–H and O–H groups in total. The SMILES string of the molecule is COc1ccc(C)cc1NC(=O)c1ccc(Cl)c(I)c1. The molecule has 0 aliphatic heterocycles. The third-order valence-electron chi connectivity index (χ3n) is 2.78. The average molecular weight is 402 g/mol. The molecule has 0 spiro atoms. The second kappa shape index (κ2) is 6.45. The Morgan fingerprint density at radius 1 is 1.25 bits per heavy atom. The van der Waals surface area contributed by atoms with Crippen LogP contribution in [0.15, 0.2) is 36.4 Å². The summed E-state index contributed by atoms with van der Waals surface area (Å²) in [6.45, 7) is 1.96. The van der Waals surface area contributed by atoms with Gasteiger partial charge in [-0.15, -0.1) is 0 Å². The molecule has 0 radical (unpaired) electrons. The molecule has 0 fully saturated rings. The molecule has 0 aromatic heterocycles. The van der Waals surface area contributed by atoms with Crippen LogP contribution < -0.4 is 10.1 Å². The maximum Gasteiger partial charge on any atom is 0.255 e. The number of nitrogens with one attached hydrogen (secondary N) is 1. The van der Waals surface area contributed by atoms with Crippen molar-refractivity contribution >= 4 is 45.8 Å². The van der Waals surface area contributed by atoms with Crippen LogP contribution in [0.5, 0.6) is 5.75 Å². The number of hydrogen-bond acceptors (Lipinski definition) is 2. The highest BCUT2D eigenvalue weighted by atomic mass is 127. The second-order valence-electron chi connectivity index (χ2n) is 4.29. The van der Waals surface area contributed by atoms with Gasteiger partial charge in [0.15, 0.2) is 0 Å². The van der Waals surface area contributed by atoms with Crippen LogP contribution in [0.25, 0.3) is 0 Å². The first-order chi connectivity index (χ1) is 9.51. The van der Waals surface area contributed by atoms with E-state index in [2.05, 4.69) is 27.9 Å². The van der Waals surface area contributed by atoms with Gasteiger partial charge in [0.25, 0.3) is 5.91 Å². The van der Waals surface area contributed by atoms with E-state index in [-0.39, 0.29) is 5.91 Å². The smallest absolute Gasteiger partial charge is 0.255 e. The van der Waals surface area contributed by atoms with Crippen molar-refractivity contribution in [2.75, 3.05) is 12.4 Å². The van der Waals surface area contributed by atoms with E-state index in [1.54, 1.807) is 25.3 Å². The van der Waals surface area contributed by atoms with Gasteiger partial charge in [0.2, 0.25) is 0 Å². The zero-order valence-corrected chi connectivity index (χ0v) is 13.9. The maximum atomic E-state index is 12.2. The zero-order chi connectivity index (χ0) is 14.7. The molecule has 2 aromatic carbocycles. The molecule has 0 atom stereocenters. The Kier molecular flexibility index (Phi) is 4.88. The lowest BCUT2D eigenvalue weighted by atomic mass is 10.1. The fourth-order valence-corrected chi connectivity index (χ4v) is 2.38. The fourth-order valence-electron chi connectivity index (χ4n) is 1.75. The highest BCUT2D eigenvalue weighted by Gasteiger charge is 2.11. The predicted octanol–water partition coefficient (Wildman–Crippen LogP) is 4.51.